The number of methoxy groups -OCH3 is 1. The Labute approximate surface area is 174 Å². The van der Waals surface area contributed by atoms with Gasteiger partial charge in [0.25, 0.3) is 10.0 Å². The summed E-state index contributed by atoms with van der Waals surface area (Å²) in [4.78, 5) is 12.3. The van der Waals surface area contributed by atoms with Gasteiger partial charge in [-0.05, 0) is 49.4 Å². The SMILES string of the molecule is CCOC(=O)Cn1c(=NS(=O)(=O)c2ccc(OC)cc2)sc2cc(Br)ccc21. The number of nitrogens with zero attached hydrogens (tertiary/aromatic N) is 2. The van der Waals surface area contributed by atoms with Crippen LogP contribution in [-0.2, 0) is 26.1 Å². The molecule has 0 spiro atoms. The highest BCUT2D eigenvalue weighted by Crippen LogP contribution is 2.23. The van der Waals surface area contributed by atoms with Gasteiger partial charge in [-0.25, -0.2) is 0 Å². The molecule has 0 unspecified atom stereocenters. The predicted molar refractivity (Wildman–Crippen MR) is 110 cm³/mol. The molecule has 0 aliphatic carbocycles. The molecule has 0 saturated carbocycles. The number of esters is 1. The Kier molecular flexibility index (Phi) is 6.21. The van der Waals surface area contributed by atoms with E-state index in [1.54, 1.807) is 29.7 Å². The summed E-state index contributed by atoms with van der Waals surface area (Å²) in [5, 5.41) is 0. The highest BCUT2D eigenvalue weighted by Gasteiger charge is 2.17. The van der Waals surface area contributed by atoms with Gasteiger partial charge in [0.1, 0.15) is 12.3 Å². The Morgan fingerprint density at radius 1 is 1.21 bits per heavy atom. The summed E-state index contributed by atoms with van der Waals surface area (Å²) in [6.07, 6.45) is 0. The van der Waals surface area contributed by atoms with E-state index in [4.69, 9.17) is 9.47 Å². The third-order valence-corrected chi connectivity index (χ3v) is 6.72. The molecule has 0 aliphatic heterocycles. The molecule has 0 radical (unpaired) electrons. The van der Waals surface area contributed by atoms with Crippen LogP contribution in [0.15, 0.2) is 56.2 Å². The lowest BCUT2D eigenvalue weighted by atomic mass is 10.3. The Morgan fingerprint density at radius 2 is 1.93 bits per heavy atom. The Hall–Kier alpha value is -2.17. The summed E-state index contributed by atoms with van der Waals surface area (Å²) in [5.74, 6) is 0.0800. The van der Waals surface area contributed by atoms with Gasteiger partial charge in [-0.1, -0.05) is 27.3 Å². The average molecular weight is 485 g/mol. The molecule has 3 rings (SSSR count). The van der Waals surface area contributed by atoms with Crippen molar-refractivity contribution in [2.75, 3.05) is 13.7 Å². The lowest BCUT2D eigenvalue weighted by Gasteiger charge is -2.05. The van der Waals surface area contributed by atoms with Crippen LogP contribution in [0.25, 0.3) is 10.2 Å². The molecule has 148 valence electrons. The molecule has 7 nitrogen and oxygen atoms in total. The lowest BCUT2D eigenvalue weighted by Crippen LogP contribution is -2.23. The van der Waals surface area contributed by atoms with E-state index in [0.717, 1.165) is 9.17 Å². The average Bonchev–Trinajstić information content (AvgIpc) is 2.97. The van der Waals surface area contributed by atoms with Crippen LogP contribution in [0.1, 0.15) is 6.92 Å². The molecular formula is C18H17BrN2O5S2. The standard InChI is InChI=1S/C18H17BrN2O5S2/c1-3-26-17(22)11-21-15-9-4-12(19)10-16(15)27-18(21)20-28(23,24)14-7-5-13(25-2)6-8-14/h4-10H,3,11H2,1-2H3. The monoisotopic (exact) mass is 484 g/mol. The number of halogens is 1. The van der Waals surface area contributed by atoms with E-state index >= 15 is 0 Å². The smallest absolute Gasteiger partial charge is 0.326 e. The van der Waals surface area contributed by atoms with Gasteiger partial charge in [-0.2, -0.15) is 8.42 Å². The summed E-state index contributed by atoms with van der Waals surface area (Å²) in [7, 11) is -2.47. The summed E-state index contributed by atoms with van der Waals surface area (Å²) in [6.45, 7) is 1.82. The highest BCUT2D eigenvalue weighted by atomic mass is 79.9. The number of carbonyl (C=O) groups is 1. The quantitative estimate of drug-likeness (QED) is 0.500. The van der Waals surface area contributed by atoms with Gasteiger partial charge in [-0.3, -0.25) is 4.79 Å². The largest absolute Gasteiger partial charge is 0.497 e. The van der Waals surface area contributed by atoms with Crippen molar-refractivity contribution in [3.63, 3.8) is 0 Å². The fraction of sp³-hybridized carbons (Fsp3) is 0.222. The first-order chi connectivity index (χ1) is 13.3. The van der Waals surface area contributed by atoms with E-state index in [0.29, 0.717) is 11.3 Å². The minimum Gasteiger partial charge on any atom is -0.497 e. The van der Waals surface area contributed by atoms with Gasteiger partial charge in [0, 0.05) is 4.47 Å². The molecule has 0 N–H and O–H groups in total. The van der Waals surface area contributed by atoms with Crippen molar-refractivity contribution in [3.8, 4) is 5.75 Å². The first-order valence-corrected chi connectivity index (χ1v) is 11.3. The van der Waals surface area contributed by atoms with E-state index < -0.39 is 16.0 Å². The molecule has 0 aliphatic rings. The minimum absolute atomic E-state index is 0.0367. The number of thiazole rings is 1. The van der Waals surface area contributed by atoms with Crippen molar-refractivity contribution in [2.24, 2.45) is 4.40 Å². The van der Waals surface area contributed by atoms with Crippen LogP contribution in [0.4, 0.5) is 0 Å². The van der Waals surface area contributed by atoms with E-state index in [1.807, 2.05) is 12.1 Å². The number of benzene rings is 2. The number of fused-ring (bicyclic) bond motifs is 1. The van der Waals surface area contributed by atoms with Crippen LogP contribution in [-0.4, -0.2) is 32.7 Å². The fourth-order valence-electron chi connectivity index (χ4n) is 2.51. The van der Waals surface area contributed by atoms with Crippen molar-refractivity contribution in [1.82, 2.24) is 4.57 Å². The van der Waals surface area contributed by atoms with Gasteiger partial charge in [-0.15, -0.1) is 4.40 Å². The van der Waals surface area contributed by atoms with Crippen LogP contribution in [0, 0.1) is 0 Å². The molecule has 0 atom stereocenters. The molecule has 0 saturated heterocycles. The maximum absolute atomic E-state index is 12.8. The van der Waals surface area contributed by atoms with E-state index in [9.17, 15) is 13.2 Å². The molecule has 2 aromatic carbocycles. The normalized spacial score (nSPS) is 12.3. The lowest BCUT2D eigenvalue weighted by molar-refractivity contribution is -0.143. The maximum atomic E-state index is 12.8. The summed E-state index contributed by atoms with van der Waals surface area (Å²) >= 11 is 4.58. The molecule has 0 fully saturated rings. The third-order valence-electron chi connectivity index (χ3n) is 3.79. The Morgan fingerprint density at radius 3 is 2.57 bits per heavy atom. The fourth-order valence-corrected chi connectivity index (χ4v) is 5.29. The molecule has 28 heavy (non-hydrogen) atoms. The van der Waals surface area contributed by atoms with Gasteiger partial charge >= 0.3 is 5.97 Å². The van der Waals surface area contributed by atoms with E-state index in [1.165, 1.54) is 30.6 Å². The zero-order valence-corrected chi connectivity index (χ0v) is 18.3. The first-order valence-electron chi connectivity index (χ1n) is 8.23. The van der Waals surface area contributed by atoms with Gasteiger partial charge in [0.15, 0.2) is 0 Å². The molecule has 3 aromatic rings. The van der Waals surface area contributed by atoms with Crippen LogP contribution < -0.4 is 9.54 Å². The summed E-state index contributed by atoms with van der Waals surface area (Å²) < 4.78 is 42.8. The highest BCUT2D eigenvalue weighted by molar-refractivity contribution is 9.10. The molecule has 0 bridgehead atoms. The van der Waals surface area contributed by atoms with Crippen LogP contribution in [0.2, 0.25) is 0 Å². The zero-order valence-electron chi connectivity index (χ0n) is 15.1. The van der Waals surface area contributed by atoms with Gasteiger partial charge in [0.05, 0.1) is 28.8 Å². The van der Waals surface area contributed by atoms with Crippen molar-refractivity contribution in [1.29, 1.82) is 0 Å². The molecular weight excluding hydrogens is 468 g/mol. The molecule has 10 heteroatoms. The van der Waals surface area contributed by atoms with Crippen molar-refractivity contribution < 1.29 is 22.7 Å². The van der Waals surface area contributed by atoms with Crippen LogP contribution >= 0.6 is 27.3 Å². The number of hydrogen-bond donors (Lipinski definition) is 0. The van der Waals surface area contributed by atoms with Gasteiger partial charge in [0.2, 0.25) is 4.80 Å². The second kappa shape index (κ2) is 8.46. The van der Waals surface area contributed by atoms with Crippen LogP contribution in [0.5, 0.6) is 5.75 Å². The Bertz CT molecular complexity index is 1180. The predicted octanol–water partition coefficient (Wildman–Crippen LogP) is 3.33. The molecule has 0 amide bonds. The third kappa shape index (κ3) is 4.45. The van der Waals surface area contributed by atoms with Gasteiger partial charge < -0.3 is 14.0 Å². The number of hydrogen-bond acceptors (Lipinski definition) is 6. The second-order valence-corrected chi connectivity index (χ2v) is 9.16. The number of rotatable bonds is 6. The van der Waals surface area contributed by atoms with E-state index in [2.05, 4.69) is 20.3 Å². The molecule has 1 heterocycles. The number of aromatic nitrogens is 1. The maximum Gasteiger partial charge on any atom is 0.326 e. The second-order valence-electron chi connectivity index (χ2n) is 5.63. The molecule has 1 aromatic heterocycles. The topological polar surface area (TPSA) is 87.0 Å². The number of carbonyl (C=O) groups excluding carboxylic acids is 1. The van der Waals surface area contributed by atoms with Crippen LogP contribution in [0.3, 0.4) is 0 Å². The Balaban J connectivity index is 2.15. The first kappa shape index (κ1) is 20.6. The van der Waals surface area contributed by atoms with Crippen molar-refractivity contribution in [2.45, 2.75) is 18.4 Å². The van der Waals surface area contributed by atoms with Crippen molar-refractivity contribution in [3.05, 3.63) is 51.7 Å². The van der Waals surface area contributed by atoms with Crippen molar-refractivity contribution >= 4 is 53.5 Å². The summed E-state index contributed by atoms with van der Waals surface area (Å²) in [6, 6.07) is 11.4. The summed E-state index contributed by atoms with van der Waals surface area (Å²) in [5.41, 5.74) is 0.699. The number of sulfonamides is 1. The number of ether oxygens (including phenoxy) is 2. The van der Waals surface area contributed by atoms with E-state index in [-0.39, 0.29) is 22.8 Å². The zero-order chi connectivity index (χ0) is 20.3. The minimum atomic E-state index is -3.97.